The van der Waals surface area contributed by atoms with E-state index in [1.165, 1.54) is 0 Å². The minimum atomic E-state index is -0.466. The molecule has 2 N–H and O–H groups in total. The maximum atomic E-state index is 12.1. The molecule has 3 rings (SSSR count). The van der Waals surface area contributed by atoms with Crippen molar-refractivity contribution in [2.75, 3.05) is 18.8 Å². The Bertz CT molecular complexity index is 721. The van der Waals surface area contributed by atoms with Gasteiger partial charge in [0.05, 0.1) is 11.9 Å². The second-order valence-electron chi connectivity index (χ2n) is 7.07. The average Bonchev–Trinajstić information content (AvgIpc) is 2.96. The lowest BCUT2D eigenvalue weighted by molar-refractivity contribution is 0.0204. The maximum Gasteiger partial charge on any atom is 0.410 e. The van der Waals surface area contributed by atoms with Crippen LogP contribution in [0.2, 0.25) is 0 Å². The number of rotatable bonds is 1. The second kappa shape index (κ2) is 6.23. The lowest BCUT2D eigenvalue weighted by atomic mass is 9.94. The van der Waals surface area contributed by atoms with Gasteiger partial charge in [0, 0.05) is 25.2 Å². The van der Waals surface area contributed by atoms with E-state index in [4.69, 9.17) is 10.5 Å². The summed E-state index contributed by atoms with van der Waals surface area (Å²) in [5, 5.41) is 0. The second-order valence-corrected chi connectivity index (χ2v) is 7.88. The molecule has 2 aromatic heterocycles. The topological polar surface area (TPSA) is 85.8 Å². The standard InChI is InChI=1S/C16H22BrN5O2/c1-16(2,3)24-15(23)21-6-4-10(5-7-21)11-9-22-12(17)8-19-13(18)14(22)20-11/h8-10H,4-7H2,1-3H3,(H2,18,19). The van der Waals surface area contributed by atoms with Crippen LogP contribution in [0, 0.1) is 0 Å². The van der Waals surface area contributed by atoms with E-state index in [9.17, 15) is 4.79 Å². The predicted octanol–water partition coefficient (Wildman–Crippen LogP) is 3.19. The first-order chi connectivity index (χ1) is 11.2. The van der Waals surface area contributed by atoms with Crippen molar-refractivity contribution in [2.45, 2.75) is 45.1 Å². The molecule has 1 aliphatic heterocycles. The predicted molar refractivity (Wildman–Crippen MR) is 94.9 cm³/mol. The van der Waals surface area contributed by atoms with E-state index < -0.39 is 5.60 Å². The Morgan fingerprint density at radius 2 is 2.04 bits per heavy atom. The van der Waals surface area contributed by atoms with E-state index in [1.807, 2.05) is 31.4 Å². The molecule has 0 aliphatic carbocycles. The number of nitrogens with zero attached hydrogens (tertiary/aromatic N) is 4. The number of amides is 1. The van der Waals surface area contributed by atoms with Crippen molar-refractivity contribution in [3.63, 3.8) is 0 Å². The Labute approximate surface area is 149 Å². The molecule has 0 aromatic carbocycles. The quantitative estimate of drug-likeness (QED) is 0.800. The van der Waals surface area contributed by atoms with Crippen LogP contribution in [0.1, 0.15) is 45.2 Å². The van der Waals surface area contributed by atoms with E-state index in [-0.39, 0.29) is 6.09 Å². The van der Waals surface area contributed by atoms with Gasteiger partial charge in [0.15, 0.2) is 11.5 Å². The number of piperidine rings is 1. The number of hydrogen-bond donors (Lipinski definition) is 1. The molecule has 1 amide bonds. The zero-order valence-electron chi connectivity index (χ0n) is 14.1. The smallest absolute Gasteiger partial charge is 0.410 e. The van der Waals surface area contributed by atoms with Gasteiger partial charge in [-0.05, 0) is 49.5 Å². The third kappa shape index (κ3) is 3.48. The van der Waals surface area contributed by atoms with Crippen molar-refractivity contribution in [1.29, 1.82) is 0 Å². The summed E-state index contributed by atoms with van der Waals surface area (Å²) >= 11 is 3.46. The fourth-order valence-electron chi connectivity index (χ4n) is 2.87. The van der Waals surface area contributed by atoms with Gasteiger partial charge < -0.3 is 15.4 Å². The van der Waals surface area contributed by atoms with Gasteiger partial charge in [-0.3, -0.25) is 4.40 Å². The summed E-state index contributed by atoms with van der Waals surface area (Å²) in [5.74, 6) is 0.713. The normalized spacial score (nSPS) is 16.6. The largest absolute Gasteiger partial charge is 0.444 e. The van der Waals surface area contributed by atoms with Crippen LogP contribution in [0.4, 0.5) is 10.6 Å². The highest BCUT2D eigenvalue weighted by molar-refractivity contribution is 9.10. The molecular formula is C16H22BrN5O2. The van der Waals surface area contributed by atoms with Crippen molar-refractivity contribution >= 4 is 33.5 Å². The van der Waals surface area contributed by atoms with E-state index in [0.29, 0.717) is 30.5 Å². The minimum absolute atomic E-state index is 0.243. The number of likely N-dealkylation sites (tertiary alicyclic amines) is 1. The number of nitrogens with two attached hydrogens (primary N) is 1. The fraction of sp³-hybridized carbons (Fsp3) is 0.562. The van der Waals surface area contributed by atoms with Crippen molar-refractivity contribution in [3.05, 3.63) is 22.7 Å². The SMILES string of the molecule is CC(C)(C)OC(=O)N1CCC(c2cn3c(Br)cnc(N)c3n2)CC1. The molecule has 0 bridgehead atoms. The third-order valence-corrected chi connectivity index (χ3v) is 4.65. The van der Waals surface area contributed by atoms with Crippen LogP contribution >= 0.6 is 15.9 Å². The summed E-state index contributed by atoms with van der Waals surface area (Å²) in [6.45, 7) is 6.98. The highest BCUT2D eigenvalue weighted by Crippen LogP contribution is 2.30. The number of carbonyl (C=O) groups is 1. The van der Waals surface area contributed by atoms with E-state index in [0.717, 1.165) is 23.1 Å². The Morgan fingerprint density at radius 1 is 1.38 bits per heavy atom. The Balaban J connectivity index is 1.70. The highest BCUT2D eigenvalue weighted by Gasteiger charge is 2.28. The van der Waals surface area contributed by atoms with Crippen LogP contribution in [0.15, 0.2) is 17.0 Å². The molecule has 130 valence electrons. The molecule has 0 atom stereocenters. The van der Waals surface area contributed by atoms with Gasteiger partial charge in [0.1, 0.15) is 10.2 Å². The molecular weight excluding hydrogens is 374 g/mol. The molecule has 24 heavy (non-hydrogen) atoms. The molecule has 8 heteroatoms. The summed E-state index contributed by atoms with van der Waals surface area (Å²) in [5.41, 5.74) is 7.08. The number of hydrogen-bond acceptors (Lipinski definition) is 5. The van der Waals surface area contributed by atoms with E-state index in [1.54, 1.807) is 11.1 Å². The number of aromatic nitrogens is 3. The summed E-state index contributed by atoms with van der Waals surface area (Å²) in [6.07, 6.45) is 5.12. The molecule has 3 heterocycles. The van der Waals surface area contributed by atoms with Crippen LogP contribution < -0.4 is 5.73 Å². The van der Waals surface area contributed by atoms with Gasteiger partial charge in [-0.1, -0.05) is 0 Å². The first-order valence-electron chi connectivity index (χ1n) is 8.01. The lowest BCUT2D eigenvalue weighted by Gasteiger charge is -2.32. The van der Waals surface area contributed by atoms with Gasteiger partial charge in [-0.2, -0.15) is 0 Å². The van der Waals surface area contributed by atoms with Gasteiger partial charge in [0.2, 0.25) is 0 Å². The monoisotopic (exact) mass is 395 g/mol. The molecule has 1 aliphatic rings. The molecule has 2 aromatic rings. The summed E-state index contributed by atoms with van der Waals surface area (Å²) in [7, 11) is 0. The van der Waals surface area contributed by atoms with E-state index in [2.05, 4.69) is 25.9 Å². The first kappa shape index (κ1) is 17.0. The summed E-state index contributed by atoms with van der Waals surface area (Å²) in [4.78, 5) is 22.7. The summed E-state index contributed by atoms with van der Waals surface area (Å²) < 4.78 is 8.15. The van der Waals surface area contributed by atoms with Crippen LogP contribution in [-0.2, 0) is 4.74 Å². The molecule has 0 spiro atoms. The number of anilines is 1. The Kier molecular flexibility index (Phi) is 4.42. The Morgan fingerprint density at radius 3 is 2.62 bits per heavy atom. The number of carbonyl (C=O) groups excluding carboxylic acids is 1. The van der Waals surface area contributed by atoms with Gasteiger partial charge in [0.25, 0.3) is 0 Å². The molecule has 0 saturated carbocycles. The molecule has 1 fully saturated rings. The number of imidazole rings is 1. The number of ether oxygens (including phenoxy) is 1. The average molecular weight is 396 g/mol. The number of halogens is 1. The number of fused-ring (bicyclic) bond motifs is 1. The minimum Gasteiger partial charge on any atom is -0.444 e. The first-order valence-corrected chi connectivity index (χ1v) is 8.81. The van der Waals surface area contributed by atoms with Crippen LogP contribution in [0.5, 0.6) is 0 Å². The van der Waals surface area contributed by atoms with Crippen LogP contribution in [-0.4, -0.2) is 44.1 Å². The van der Waals surface area contributed by atoms with E-state index >= 15 is 0 Å². The molecule has 1 saturated heterocycles. The number of nitrogen functional groups attached to an aromatic ring is 1. The molecule has 7 nitrogen and oxygen atoms in total. The lowest BCUT2D eigenvalue weighted by Crippen LogP contribution is -2.41. The maximum absolute atomic E-state index is 12.1. The Hall–Kier alpha value is -1.83. The zero-order valence-corrected chi connectivity index (χ0v) is 15.7. The van der Waals surface area contributed by atoms with Crippen molar-refractivity contribution < 1.29 is 9.53 Å². The van der Waals surface area contributed by atoms with Crippen molar-refractivity contribution in [1.82, 2.24) is 19.3 Å². The zero-order chi connectivity index (χ0) is 17.5. The van der Waals surface area contributed by atoms with Crippen LogP contribution in [0.25, 0.3) is 5.65 Å². The molecule has 0 unspecified atom stereocenters. The third-order valence-electron chi connectivity index (χ3n) is 4.06. The van der Waals surface area contributed by atoms with Crippen LogP contribution in [0.3, 0.4) is 0 Å². The highest BCUT2D eigenvalue weighted by atomic mass is 79.9. The van der Waals surface area contributed by atoms with Gasteiger partial charge in [-0.15, -0.1) is 0 Å². The molecule has 0 radical (unpaired) electrons. The fourth-order valence-corrected chi connectivity index (χ4v) is 3.24. The summed E-state index contributed by atoms with van der Waals surface area (Å²) in [6, 6.07) is 0. The van der Waals surface area contributed by atoms with Crippen molar-refractivity contribution in [2.24, 2.45) is 0 Å². The van der Waals surface area contributed by atoms with Gasteiger partial charge >= 0.3 is 6.09 Å². The van der Waals surface area contributed by atoms with Gasteiger partial charge in [-0.25, -0.2) is 14.8 Å². The van der Waals surface area contributed by atoms with Crippen molar-refractivity contribution in [3.8, 4) is 0 Å².